The Morgan fingerprint density at radius 2 is 2.00 bits per heavy atom. The fourth-order valence-electron chi connectivity index (χ4n) is 2.88. The Labute approximate surface area is 175 Å². The minimum absolute atomic E-state index is 0.0280. The Kier molecular flexibility index (Phi) is 6.28. The maximum Gasteiger partial charge on any atom is 0.144 e. The van der Waals surface area contributed by atoms with Crippen LogP contribution in [-0.2, 0) is 11.0 Å². The Morgan fingerprint density at radius 1 is 1.29 bits per heavy atom. The summed E-state index contributed by atoms with van der Waals surface area (Å²) in [6, 6.07) is 10.8. The van der Waals surface area contributed by atoms with Crippen molar-refractivity contribution < 1.29 is 13.3 Å². The third-order valence-electron chi connectivity index (χ3n) is 4.78. The Morgan fingerprint density at radius 3 is 2.57 bits per heavy atom. The van der Waals surface area contributed by atoms with Gasteiger partial charge in [-0.25, -0.2) is 12.9 Å². The van der Waals surface area contributed by atoms with Gasteiger partial charge in [0.1, 0.15) is 35.2 Å². The predicted molar refractivity (Wildman–Crippen MR) is 107 cm³/mol. The number of hydrogen-bond donors (Lipinski definition) is 0. The van der Waals surface area contributed by atoms with Crippen molar-refractivity contribution in [2.45, 2.75) is 10.4 Å². The maximum absolute atomic E-state index is 13.8. The molecular formula is C19H18Cl2FN3O2S. The van der Waals surface area contributed by atoms with Crippen LogP contribution in [0.25, 0.3) is 0 Å². The van der Waals surface area contributed by atoms with Gasteiger partial charge in [0.15, 0.2) is 0 Å². The first-order chi connectivity index (χ1) is 13.3. The lowest BCUT2D eigenvalue weighted by Gasteiger charge is -2.52. The number of hydrogen-bond acceptors (Lipinski definition) is 4. The van der Waals surface area contributed by atoms with Crippen LogP contribution >= 0.6 is 23.2 Å². The number of likely N-dealkylation sites (N-methyl/N-ethyl adjacent to an activating group) is 1. The van der Waals surface area contributed by atoms with Gasteiger partial charge in [0.05, 0.1) is 21.0 Å². The van der Waals surface area contributed by atoms with Crippen LogP contribution in [0.1, 0.15) is 5.56 Å². The normalized spacial score (nSPS) is 17.0. The van der Waals surface area contributed by atoms with E-state index in [4.69, 9.17) is 33.2 Å². The monoisotopic (exact) mass is 441 g/mol. The second kappa shape index (κ2) is 8.36. The molecule has 5 nitrogen and oxygen atoms in total. The zero-order valence-corrected chi connectivity index (χ0v) is 17.6. The molecule has 1 unspecified atom stereocenters. The highest BCUT2D eigenvalue weighted by Gasteiger charge is 2.48. The van der Waals surface area contributed by atoms with Crippen LogP contribution in [0.15, 0.2) is 41.3 Å². The fraction of sp³-hybridized carbons (Fsp3) is 0.316. The Hall–Kier alpha value is -1.69. The zero-order valence-electron chi connectivity index (χ0n) is 15.3. The standard InChI is InChI=1S/C19H18Cl2FN3O2S/c1-24(2)19(12-27-15-5-3-13(9-23)17(22)8-15)10-25(11-19)28(26)18-6-4-14(20)7-16(18)21/h3-8H,10-12H2,1-2H3. The number of nitrogens with zero attached hydrogens (tertiary/aromatic N) is 3. The first-order valence-electron chi connectivity index (χ1n) is 8.37. The second-order valence-corrected chi connectivity index (χ2v) is 9.08. The molecule has 1 atom stereocenters. The van der Waals surface area contributed by atoms with Crippen LogP contribution in [0.4, 0.5) is 4.39 Å². The molecule has 0 amide bonds. The summed E-state index contributed by atoms with van der Waals surface area (Å²) < 4.78 is 34.1. The SMILES string of the molecule is CN(C)C1(COc2ccc(C#N)c(F)c2)CN(S(=O)c2ccc(Cl)cc2Cl)C1. The Balaban J connectivity index is 1.68. The second-order valence-electron chi connectivity index (χ2n) is 6.78. The molecule has 1 heterocycles. The summed E-state index contributed by atoms with van der Waals surface area (Å²) in [4.78, 5) is 2.51. The van der Waals surface area contributed by atoms with E-state index in [1.807, 2.05) is 19.0 Å². The van der Waals surface area contributed by atoms with Crippen molar-refractivity contribution >= 4 is 34.2 Å². The van der Waals surface area contributed by atoms with Crippen molar-refractivity contribution in [2.24, 2.45) is 0 Å². The van der Waals surface area contributed by atoms with E-state index in [-0.39, 0.29) is 17.7 Å². The molecular weight excluding hydrogens is 424 g/mol. The molecule has 0 spiro atoms. The molecule has 1 aliphatic rings. The van der Waals surface area contributed by atoms with Crippen molar-refractivity contribution in [2.75, 3.05) is 33.8 Å². The lowest BCUT2D eigenvalue weighted by Crippen LogP contribution is -2.71. The van der Waals surface area contributed by atoms with Crippen molar-refractivity contribution in [3.63, 3.8) is 0 Å². The van der Waals surface area contributed by atoms with E-state index in [9.17, 15) is 8.60 Å². The molecule has 1 aliphatic heterocycles. The van der Waals surface area contributed by atoms with Gasteiger partial charge in [-0.05, 0) is 44.4 Å². The summed E-state index contributed by atoms with van der Waals surface area (Å²) in [5, 5.41) is 9.65. The molecule has 0 saturated carbocycles. The van der Waals surface area contributed by atoms with E-state index in [2.05, 4.69) is 0 Å². The lowest BCUT2D eigenvalue weighted by atomic mass is 9.92. The molecule has 0 bridgehead atoms. The summed E-state index contributed by atoms with van der Waals surface area (Å²) in [5.41, 5.74) is -0.404. The van der Waals surface area contributed by atoms with Gasteiger partial charge in [0, 0.05) is 24.2 Å². The lowest BCUT2D eigenvalue weighted by molar-refractivity contribution is -0.0131. The van der Waals surface area contributed by atoms with Gasteiger partial charge in [-0.1, -0.05) is 23.2 Å². The van der Waals surface area contributed by atoms with E-state index < -0.39 is 16.8 Å². The summed E-state index contributed by atoms with van der Waals surface area (Å²) in [5.74, 6) is -0.273. The summed E-state index contributed by atoms with van der Waals surface area (Å²) >= 11 is 12.1. The van der Waals surface area contributed by atoms with Crippen LogP contribution in [0.3, 0.4) is 0 Å². The van der Waals surface area contributed by atoms with Gasteiger partial charge >= 0.3 is 0 Å². The van der Waals surface area contributed by atoms with Gasteiger partial charge in [0.25, 0.3) is 0 Å². The molecule has 1 saturated heterocycles. The molecule has 3 rings (SSSR count). The molecule has 0 N–H and O–H groups in total. The smallest absolute Gasteiger partial charge is 0.144 e. The molecule has 0 radical (unpaired) electrons. The van der Waals surface area contributed by atoms with E-state index in [1.54, 1.807) is 34.6 Å². The van der Waals surface area contributed by atoms with Crippen molar-refractivity contribution in [3.8, 4) is 11.8 Å². The maximum atomic E-state index is 13.8. The first-order valence-corrected chi connectivity index (χ1v) is 10.2. The molecule has 9 heteroatoms. The van der Waals surface area contributed by atoms with Crippen LogP contribution in [-0.4, -0.2) is 52.7 Å². The van der Waals surface area contributed by atoms with E-state index in [0.717, 1.165) is 0 Å². The third-order valence-corrected chi connectivity index (χ3v) is 6.89. The van der Waals surface area contributed by atoms with Crippen LogP contribution in [0.2, 0.25) is 10.0 Å². The molecule has 148 valence electrons. The first kappa shape index (κ1) is 21.0. The third kappa shape index (κ3) is 4.17. The van der Waals surface area contributed by atoms with Crippen LogP contribution in [0, 0.1) is 17.1 Å². The fourth-order valence-corrected chi connectivity index (χ4v) is 4.89. The highest BCUT2D eigenvalue weighted by Crippen LogP contribution is 2.33. The average molecular weight is 442 g/mol. The topological polar surface area (TPSA) is 56.6 Å². The van der Waals surface area contributed by atoms with Crippen molar-refractivity contribution in [1.29, 1.82) is 5.26 Å². The molecule has 2 aromatic rings. The molecule has 1 fully saturated rings. The molecule has 0 aromatic heterocycles. The van der Waals surface area contributed by atoms with E-state index >= 15 is 0 Å². The van der Waals surface area contributed by atoms with Crippen LogP contribution in [0.5, 0.6) is 5.75 Å². The predicted octanol–water partition coefficient (Wildman–Crippen LogP) is 3.72. The molecule has 2 aromatic carbocycles. The van der Waals surface area contributed by atoms with Crippen molar-refractivity contribution in [3.05, 3.63) is 57.8 Å². The number of nitriles is 1. The van der Waals surface area contributed by atoms with Gasteiger partial charge < -0.3 is 4.74 Å². The quantitative estimate of drug-likeness (QED) is 0.685. The molecule has 28 heavy (non-hydrogen) atoms. The van der Waals surface area contributed by atoms with Crippen molar-refractivity contribution in [1.82, 2.24) is 9.21 Å². The van der Waals surface area contributed by atoms with Crippen LogP contribution < -0.4 is 4.74 Å². The number of halogens is 3. The summed E-state index contributed by atoms with van der Waals surface area (Å²) in [6.45, 7) is 1.27. The number of ether oxygens (including phenoxy) is 1. The number of benzene rings is 2. The average Bonchev–Trinajstić information content (AvgIpc) is 2.60. The van der Waals surface area contributed by atoms with Gasteiger partial charge in [0.2, 0.25) is 0 Å². The highest BCUT2D eigenvalue weighted by atomic mass is 35.5. The zero-order chi connectivity index (χ0) is 20.5. The Bertz CT molecular complexity index is 959. The van der Waals surface area contributed by atoms with Gasteiger partial charge in [-0.15, -0.1) is 0 Å². The minimum atomic E-state index is -1.42. The van der Waals surface area contributed by atoms with Gasteiger partial charge in [-0.3, -0.25) is 4.90 Å². The minimum Gasteiger partial charge on any atom is -0.491 e. The summed E-state index contributed by atoms with van der Waals surface area (Å²) in [7, 11) is 2.41. The van der Waals surface area contributed by atoms with Gasteiger partial charge in [-0.2, -0.15) is 5.26 Å². The van der Waals surface area contributed by atoms with E-state index in [0.29, 0.717) is 33.8 Å². The van der Waals surface area contributed by atoms with E-state index in [1.165, 1.54) is 12.1 Å². The highest BCUT2D eigenvalue weighted by molar-refractivity contribution is 7.82. The summed E-state index contributed by atoms with van der Waals surface area (Å²) in [6.07, 6.45) is 0. The largest absolute Gasteiger partial charge is 0.491 e. The number of rotatable bonds is 6. The molecule has 0 aliphatic carbocycles.